The SMILES string of the molecule is CN(C)C1CN(c2nc(C3CCN(C(=O)OC(C)(C)C)CC3)c3cc(Cl)c(-c4cccc5ccccc45)c(F)c3n2)C1. The summed E-state index contributed by atoms with van der Waals surface area (Å²) in [7, 11) is 4.12. The van der Waals surface area contributed by atoms with Gasteiger partial charge in [0.15, 0.2) is 5.82 Å². The van der Waals surface area contributed by atoms with Crippen LogP contribution in [-0.2, 0) is 4.74 Å². The van der Waals surface area contributed by atoms with E-state index >= 15 is 4.39 Å². The van der Waals surface area contributed by atoms with Crippen LogP contribution < -0.4 is 4.90 Å². The first-order valence-electron chi connectivity index (χ1n) is 14.6. The molecule has 0 N–H and O–H groups in total. The monoisotopic (exact) mass is 589 g/mol. The first-order valence-corrected chi connectivity index (χ1v) is 14.9. The maximum atomic E-state index is 16.7. The molecule has 1 amide bonds. The predicted octanol–water partition coefficient (Wildman–Crippen LogP) is 7.11. The zero-order chi connectivity index (χ0) is 29.8. The molecule has 42 heavy (non-hydrogen) atoms. The molecule has 3 aromatic carbocycles. The Morgan fingerprint density at radius 2 is 1.71 bits per heavy atom. The van der Waals surface area contributed by atoms with E-state index in [9.17, 15) is 4.79 Å². The van der Waals surface area contributed by atoms with E-state index in [0.29, 0.717) is 53.9 Å². The number of ether oxygens (including phenoxy) is 1. The first kappa shape index (κ1) is 28.6. The molecule has 6 rings (SSSR count). The molecule has 2 aliphatic rings. The molecule has 0 spiro atoms. The summed E-state index contributed by atoms with van der Waals surface area (Å²) in [6.45, 7) is 8.24. The minimum absolute atomic E-state index is 0.0257. The third-order valence-electron chi connectivity index (χ3n) is 8.37. The number of benzene rings is 3. The number of likely N-dealkylation sites (tertiary alicyclic amines) is 1. The molecule has 0 radical (unpaired) electrons. The highest BCUT2D eigenvalue weighted by molar-refractivity contribution is 6.34. The Hall–Kier alpha value is -3.49. The van der Waals surface area contributed by atoms with Gasteiger partial charge in [-0.05, 0) is 70.1 Å². The molecule has 0 aliphatic carbocycles. The van der Waals surface area contributed by atoms with Crippen LogP contribution in [0.3, 0.4) is 0 Å². The lowest BCUT2D eigenvalue weighted by molar-refractivity contribution is 0.0204. The average Bonchev–Trinajstić information content (AvgIpc) is 2.91. The van der Waals surface area contributed by atoms with Gasteiger partial charge in [-0.3, -0.25) is 0 Å². The van der Waals surface area contributed by atoms with Crippen molar-refractivity contribution in [2.75, 3.05) is 45.2 Å². The summed E-state index contributed by atoms with van der Waals surface area (Å²) in [6, 6.07) is 16.0. The molecule has 9 heteroatoms. The van der Waals surface area contributed by atoms with Crippen molar-refractivity contribution in [3.63, 3.8) is 0 Å². The Morgan fingerprint density at radius 1 is 1.02 bits per heavy atom. The topological polar surface area (TPSA) is 61.8 Å². The zero-order valence-electron chi connectivity index (χ0n) is 24.8. The van der Waals surface area contributed by atoms with E-state index in [0.717, 1.165) is 35.1 Å². The van der Waals surface area contributed by atoms with E-state index in [1.807, 2.05) is 69.3 Å². The van der Waals surface area contributed by atoms with Crippen LogP contribution in [0.1, 0.15) is 45.2 Å². The molecule has 7 nitrogen and oxygen atoms in total. The quantitative estimate of drug-likeness (QED) is 0.253. The number of amides is 1. The number of piperidine rings is 1. The van der Waals surface area contributed by atoms with E-state index < -0.39 is 11.4 Å². The smallest absolute Gasteiger partial charge is 0.410 e. The number of carbonyl (C=O) groups is 1. The highest BCUT2D eigenvalue weighted by Gasteiger charge is 2.34. The van der Waals surface area contributed by atoms with Gasteiger partial charge in [0.1, 0.15) is 11.1 Å². The average molecular weight is 590 g/mol. The van der Waals surface area contributed by atoms with Crippen LogP contribution in [-0.4, -0.2) is 77.8 Å². The maximum absolute atomic E-state index is 16.7. The van der Waals surface area contributed by atoms with Crippen molar-refractivity contribution in [1.82, 2.24) is 19.8 Å². The van der Waals surface area contributed by atoms with Gasteiger partial charge in [-0.25, -0.2) is 19.2 Å². The minimum Gasteiger partial charge on any atom is -0.444 e. The third-order valence-corrected chi connectivity index (χ3v) is 8.67. The van der Waals surface area contributed by atoms with Gasteiger partial charge in [0.2, 0.25) is 5.95 Å². The molecule has 0 atom stereocenters. The van der Waals surface area contributed by atoms with E-state index in [1.54, 1.807) is 4.90 Å². The number of halogens is 2. The molecular formula is C33H37ClFN5O2. The number of likely N-dealkylation sites (N-methyl/N-ethyl adjacent to an activating group) is 1. The summed E-state index contributed by atoms with van der Waals surface area (Å²) in [5.41, 5.74) is 1.61. The Kier molecular flexibility index (Phi) is 7.48. The summed E-state index contributed by atoms with van der Waals surface area (Å²) in [5.74, 6) is 0.127. The lowest BCUT2D eigenvalue weighted by Crippen LogP contribution is -2.58. The first-order chi connectivity index (χ1) is 20.0. The van der Waals surface area contributed by atoms with Crippen LogP contribution >= 0.6 is 11.6 Å². The van der Waals surface area contributed by atoms with Crippen LogP contribution in [0, 0.1) is 5.82 Å². The van der Waals surface area contributed by atoms with Gasteiger partial charge in [-0.15, -0.1) is 0 Å². The van der Waals surface area contributed by atoms with Crippen LogP contribution in [0.2, 0.25) is 5.02 Å². The number of hydrogen-bond donors (Lipinski definition) is 0. The number of hydrogen-bond acceptors (Lipinski definition) is 6. The van der Waals surface area contributed by atoms with Crippen molar-refractivity contribution in [3.05, 3.63) is 65.1 Å². The minimum atomic E-state index is -0.552. The summed E-state index contributed by atoms with van der Waals surface area (Å²) in [6.07, 6.45) is 1.07. The van der Waals surface area contributed by atoms with Gasteiger partial charge in [0.05, 0.1) is 10.7 Å². The highest BCUT2D eigenvalue weighted by Crippen LogP contribution is 2.42. The molecule has 2 saturated heterocycles. The third kappa shape index (κ3) is 5.38. The van der Waals surface area contributed by atoms with Crippen molar-refractivity contribution in [3.8, 4) is 11.1 Å². The Bertz CT molecular complexity index is 1650. The van der Waals surface area contributed by atoms with Crippen molar-refractivity contribution in [1.29, 1.82) is 0 Å². The van der Waals surface area contributed by atoms with Gasteiger partial charge in [0.25, 0.3) is 0 Å². The fraction of sp³-hybridized carbons (Fsp3) is 0.424. The van der Waals surface area contributed by atoms with Crippen molar-refractivity contribution in [2.24, 2.45) is 0 Å². The predicted molar refractivity (Wildman–Crippen MR) is 167 cm³/mol. The Labute approximate surface area is 251 Å². The largest absolute Gasteiger partial charge is 0.444 e. The summed E-state index contributed by atoms with van der Waals surface area (Å²) < 4.78 is 22.3. The molecule has 0 unspecified atom stereocenters. The van der Waals surface area contributed by atoms with E-state index in [1.165, 1.54) is 0 Å². The second kappa shape index (κ2) is 11.0. The fourth-order valence-corrected chi connectivity index (χ4v) is 6.25. The van der Waals surface area contributed by atoms with Crippen LogP contribution in [0.5, 0.6) is 0 Å². The molecule has 2 aliphatic heterocycles. The van der Waals surface area contributed by atoms with Gasteiger partial charge in [0, 0.05) is 49.1 Å². The van der Waals surface area contributed by atoms with Gasteiger partial charge >= 0.3 is 6.09 Å². The molecule has 0 bridgehead atoms. The fourth-order valence-electron chi connectivity index (χ4n) is 5.96. The number of nitrogens with zero attached hydrogens (tertiary/aromatic N) is 5. The Balaban J connectivity index is 1.42. The number of carbonyl (C=O) groups excluding carboxylic acids is 1. The van der Waals surface area contributed by atoms with Crippen LogP contribution in [0.4, 0.5) is 15.1 Å². The van der Waals surface area contributed by atoms with E-state index in [-0.39, 0.29) is 17.5 Å². The van der Waals surface area contributed by atoms with E-state index in [4.69, 9.17) is 26.3 Å². The Morgan fingerprint density at radius 3 is 2.40 bits per heavy atom. The number of aromatic nitrogens is 2. The highest BCUT2D eigenvalue weighted by atomic mass is 35.5. The standard InChI is InChI=1S/C33H37ClFN5O2/c1-33(2,3)42-32(41)39-15-13-21(14-16-39)29-25-17-26(34)27(24-12-8-10-20-9-6-7-11-23(20)24)28(35)30(25)37-31(36-29)40-18-22(19-40)38(4)5/h6-12,17,21-22H,13-16,18-19H2,1-5H3. The molecule has 0 saturated carbocycles. The molecule has 3 heterocycles. The van der Waals surface area contributed by atoms with Gasteiger partial charge in [-0.2, -0.15) is 0 Å². The lowest BCUT2D eigenvalue weighted by atomic mass is 9.90. The van der Waals surface area contributed by atoms with Gasteiger partial charge in [-0.1, -0.05) is 54.1 Å². The maximum Gasteiger partial charge on any atom is 0.410 e. The molecule has 1 aromatic heterocycles. The summed E-state index contributed by atoms with van der Waals surface area (Å²) in [5, 5.41) is 2.91. The van der Waals surface area contributed by atoms with E-state index in [2.05, 4.69) is 23.9 Å². The number of anilines is 1. The van der Waals surface area contributed by atoms with Gasteiger partial charge < -0.3 is 19.4 Å². The van der Waals surface area contributed by atoms with Crippen molar-refractivity contribution >= 4 is 45.3 Å². The zero-order valence-corrected chi connectivity index (χ0v) is 25.6. The van der Waals surface area contributed by atoms with Crippen LogP contribution in [0.25, 0.3) is 32.8 Å². The molecule has 4 aromatic rings. The lowest BCUT2D eigenvalue weighted by Gasteiger charge is -2.43. The number of fused-ring (bicyclic) bond motifs is 2. The van der Waals surface area contributed by atoms with Crippen molar-refractivity contribution in [2.45, 2.75) is 51.2 Å². The van der Waals surface area contributed by atoms with Crippen LogP contribution in [0.15, 0.2) is 48.5 Å². The van der Waals surface area contributed by atoms with Crippen molar-refractivity contribution < 1.29 is 13.9 Å². The molecular weight excluding hydrogens is 553 g/mol. The second-order valence-corrected chi connectivity index (χ2v) is 13.1. The number of rotatable bonds is 4. The second-order valence-electron chi connectivity index (χ2n) is 12.6. The molecule has 2 fully saturated rings. The summed E-state index contributed by atoms with van der Waals surface area (Å²) >= 11 is 6.89. The molecule has 220 valence electrons. The normalized spacial score (nSPS) is 16.9. The summed E-state index contributed by atoms with van der Waals surface area (Å²) in [4.78, 5) is 28.6.